The number of benzene rings is 1. The first-order chi connectivity index (χ1) is 6.99. The number of nitrogen functional groups attached to an aromatic ring is 4. The number of rotatable bonds is 2. The van der Waals surface area contributed by atoms with Crippen molar-refractivity contribution in [3.05, 3.63) is 24.5 Å². The predicted octanol–water partition coefficient (Wildman–Crippen LogP) is 0.316. The van der Waals surface area contributed by atoms with E-state index in [9.17, 15) is 4.79 Å². The predicted molar refractivity (Wildman–Crippen MR) is 59.7 cm³/mol. The molecule has 0 atom stereocenters. The maximum absolute atomic E-state index is 11.4. The molecule has 0 unspecified atom stereocenters. The Labute approximate surface area is 86.5 Å². The molecule has 15 heavy (non-hydrogen) atoms. The molecule has 6 nitrogen and oxygen atoms in total. The van der Waals surface area contributed by atoms with E-state index in [0.717, 1.165) is 6.26 Å². The minimum atomic E-state index is -0.680. The Bertz CT molecular complexity index is 429. The summed E-state index contributed by atoms with van der Waals surface area (Å²) in [6.07, 6.45) is 0.991. The highest BCUT2D eigenvalue weighted by molar-refractivity contribution is 6.03. The molecule has 0 bridgehead atoms. The first-order valence-corrected chi connectivity index (χ1v) is 4.03. The molecule has 0 radical (unpaired) electrons. The third-order valence-corrected chi connectivity index (χ3v) is 1.89. The van der Waals surface area contributed by atoms with E-state index in [2.05, 4.69) is 11.3 Å². The molecule has 1 aromatic carbocycles. The Hall–Kier alpha value is -2.37. The number of ether oxygens (including phenoxy) is 1. The molecule has 8 N–H and O–H groups in total. The summed E-state index contributed by atoms with van der Waals surface area (Å²) in [5, 5.41) is 0. The monoisotopic (exact) mass is 208 g/mol. The second-order valence-corrected chi connectivity index (χ2v) is 2.83. The molecule has 0 amide bonds. The van der Waals surface area contributed by atoms with E-state index in [1.807, 2.05) is 0 Å². The van der Waals surface area contributed by atoms with Crippen molar-refractivity contribution in [2.75, 3.05) is 22.9 Å². The van der Waals surface area contributed by atoms with Gasteiger partial charge in [0.25, 0.3) is 0 Å². The Balaban J connectivity index is 3.31. The molecule has 0 aliphatic carbocycles. The van der Waals surface area contributed by atoms with E-state index < -0.39 is 5.97 Å². The van der Waals surface area contributed by atoms with Crippen molar-refractivity contribution in [3.63, 3.8) is 0 Å². The Morgan fingerprint density at radius 2 is 1.80 bits per heavy atom. The van der Waals surface area contributed by atoms with E-state index in [1.54, 1.807) is 0 Å². The molecular formula is C9H12N4O2. The van der Waals surface area contributed by atoms with Gasteiger partial charge >= 0.3 is 5.97 Å². The molecule has 0 saturated heterocycles. The van der Waals surface area contributed by atoms with Gasteiger partial charge in [-0.2, -0.15) is 0 Å². The van der Waals surface area contributed by atoms with Gasteiger partial charge in [0.05, 0.1) is 34.6 Å². The summed E-state index contributed by atoms with van der Waals surface area (Å²) >= 11 is 0. The van der Waals surface area contributed by atoms with Crippen LogP contribution in [0.1, 0.15) is 10.4 Å². The van der Waals surface area contributed by atoms with Gasteiger partial charge in [-0.05, 0) is 6.07 Å². The molecule has 0 heterocycles. The summed E-state index contributed by atoms with van der Waals surface area (Å²) < 4.78 is 4.55. The molecule has 80 valence electrons. The number of hydrogen-bond acceptors (Lipinski definition) is 6. The van der Waals surface area contributed by atoms with Crippen LogP contribution >= 0.6 is 0 Å². The van der Waals surface area contributed by atoms with Crippen LogP contribution in [0.2, 0.25) is 0 Å². The van der Waals surface area contributed by atoms with Crippen molar-refractivity contribution in [1.29, 1.82) is 0 Å². The third-order valence-electron chi connectivity index (χ3n) is 1.89. The van der Waals surface area contributed by atoms with Crippen molar-refractivity contribution < 1.29 is 9.53 Å². The van der Waals surface area contributed by atoms with Crippen molar-refractivity contribution in [2.45, 2.75) is 0 Å². The fourth-order valence-corrected chi connectivity index (χ4v) is 1.06. The largest absolute Gasteiger partial charge is 0.431 e. The molecule has 1 aromatic rings. The fraction of sp³-hybridized carbons (Fsp3) is 0. The number of carbonyl (C=O) groups is 1. The first kappa shape index (κ1) is 10.7. The number of esters is 1. The van der Waals surface area contributed by atoms with Crippen LogP contribution in [-0.4, -0.2) is 5.97 Å². The van der Waals surface area contributed by atoms with Crippen LogP contribution in [0.3, 0.4) is 0 Å². The number of carbonyl (C=O) groups excluding carboxylic acids is 1. The summed E-state index contributed by atoms with van der Waals surface area (Å²) in [6.45, 7) is 3.25. The van der Waals surface area contributed by atoms with Crippen LogP contribution in [0, 0.1) is 0 Å². The number of anilines is 4. The van der Waals surface area contributed by atoms with Crippen LogP contribution in [0.5, 0.6) is 0 Å². The molecule has 0 aliphatic heterocycles. The summed E-state index contributed by atoms with van der Waals surface area (Å²) in [5.41, 5.74) is 22.7. The maximum Gasteiger partial charge on any atom is 0.345 e. The van der Waals surface area contributed by atoms with Crippen LogP contribution < -0.4 is 22.9 Å². The standard InChI is InChI=1S/C9H12N4O2/c1-2-15-9(14)4-3-5(10)7(12)8(13)6(4)11/h2-3H,1,10-13H2. The molecule has 0 fully saturated rings. The lowest BCUT2D eigenvalue weighted by Gasteiger charge is -2.11. The normalized spacial score (nSPS) is 9.60. The molecular weight excluding hydrogens is 196 g/mol. The van der Waals surface area contributed by atoms with Crippen molar-refractivity contribution >= 4 is 28.7 Å². The highest BCUT2D eigenvalue weighted by atomic mass is 16.5. The molecule has 1 rings (SSSR count). The van der Waals surface area contributed by atoms with E-state index in [-0.39, 0.29) is 28.3 Å². The van der Waals surface area contributed by atoms with Gasteiger partial charge in [0, 0.05) is 0 Å². The molecule has 0 aliphatic rings. The van der Waals surface area contributed by atoms with Gasteiger partial charge in [-0.1, -0.05) is 6.58 Å². The maximum atomic E-state index is 11.4. The second kappa shape index (κ2) is 3.79. The van der Waals surface area contributed by atoms with Gasteiger partial charge in [-0.15, -0.1) is 0 Å². The Kier molecular flexibility index (Phi) is 2.70. The summed E-state index contributed by atoms with van der Waals surface area (Å²) in [5.74, 6) is -0.680. The lowest BCUT2D eigenvalue weighted by molar-refractivity contribution is 0.0665. The van der Waals surface area contributed by atoms with Gasteiger partial charge in [0.15, 0.2) is 0 Å². The zero-order valence-corrected chi connectivity index (χ0v) is 7.99. The average molecular weight is 208 g/mol. The minimum Gasteiger partial charge on any atom is -0.431 e. The molecule has 0 spiro atoms. The number of hydrogen-bond donors (Lipinski definition) is 4. The summed E-state index contributed by atoms with van der Waals surface area (Å²) in [7, 11) is 0. The fourth-order valence-electron chi connectivity index (χ4n) is 1.06. The molecule has 0 aromatic heterocycles. The van der Waals surface area contributed by atoms with Gasteiger partial charge in [0.1, 0.15) is 0 Å². The van der Waals surface area contributed by atoms with E-state index in [1.165, 1.54) is 6.07 Å². The van der Waals surface area contributed by atoms with Crippen LogP contribution in [0.4, 0.5) is 22.7 Å². The smallest absolute Gasteiger partial charge is 0.345 e. The SMILES string of the molecule is C=COC(=O)c1cc(N)c(N)c(N)c1N. The highest BCUT2D eigenvalue weighted by Gasteiger charge is 2.16. The topological polar surface area (TPSA) is 130 Å². The van der Waals surface area contributed by atoms with Gasteiger partial charge in [-0.3, -0.25) is 0 Å². The highest BCUT2D eigenvalue weighted by Crippen LogP contribution is 2.32. The van der Waals surface area contributed by atoms with Crippen molar-refractivity contribution in [1.82, 2.24) is 0 Å². The number of nitrogens with two attached hydrogens (primary N) is 4. The molecule has 0 saturated carbocycles. The zero-order valence-electron chi connectivity index (χ0n) is 7.99. The lowest BCUT2D eigenvalue weighted by atomic mass is 10.1. The summed E-state index contributed by atoms with van der Waals surface area (Å²) in [4.78, 5) is 11.4. The van der Waals surface area contributed by atoms with E-state index in [4.69, 9.17) is 22.9 Å². The second-order valence-electron chi connectivity index (χ2n) is 2.83. The van der Waals surface area contributed by atoms with Crippen LogP contribution in [0.25, 0.3) is 0 Å². The lowest BCUT2D eigenvalue weighted by Crippen LogP contribution is -2.11. The van der Waals surface area contributed by atoms with E-state index >= 15 is 0 Å². The zero-order chi connectivity index (χ0) is 11.6. The van der Waals surface area contributed by atoms with Crippen molar-refractivity contribution in [3.8, 4) is 0 Å². The quantitative estimate of drug-likeness (QED) is 0.314. The average Bonchev–Trinajstić information content (AvgIpc) is 2.20. The van der Waals surface area contributed by atoms with Crippen LogP contribution in [0.15, 0.2) is 18.9 Å². The first-order valence-electron chi connectivity index (χ1n) is 4.03. The van der Waals surface area contributed by atoms with Crippen molar-refractivity contribution in [2.24, 2.45) is 0 Å². The van der Waals surface area contributed by atoms with Crippen LogP contribution in [-0.2, 0) is 4.74 Å². The van der Waals surface area contributed by atoms with Gasteiger partial charge < -0.3 is 27.7 Å². The Morgan fingerprint density at radius 1 is 1.20 bits per heavy atom. The minimum absolute atomic E-state index is 0.0496. The van der Waals surface area contributed by atoms with Gasteiger partial charge in [-0.25, -0.2) is 4.79 Å². The summed E-state index contributed by atoms with van der Waals surface area (Å²) in [6, 6.07) is 1.31. The van der Waals surface area contributed by atoms with E-state index in [0.29, 0.717) is 0 Å². The Morgan fingerprint density at radius 3 is 2.33 bits per heavy atom. The van der Waals surface area contributed by atoms with Gasteiger partial charge in [0.2, 0.25) is 0 Å². The molecule has 6 heteroatoms. The third kappa shape index (κ3) is 1.78.